The zero-order chi connectivity index (χ0) is 38.8. The van der Waals surface area contributed by atoms with Gasteiger partial charge in [0.05, 0.1) is 29.0 Å². The highest BCUT2D eigenvalue weighted by Crippen LogP contribution is 2.38. The second-order valence-corrected chi connectivity index (χ2v) is 14.4. The van der Waals surface area contributed by atoms with E-state index in [1.54, 1.807) is 0 Å². The van der Waals surface area contributed by atoms with Gasteiger partial charge in [-0.3, -0.25) is 4.68 Å². The Bertz CT molecular complexity index is 2960. The van der Waals surface area contributed by atoms with E-state index in [1.807, 2.05) is 41.2 Å². The third-order valence-electron chi connectivity index (χ3n) is 10.5. The maximum atomic E-state index is 6.16. The van der Waals surface area contributed by atoms with Crippen molar-refractivity contribution in [2.24, 2.45) is 0 Å². The van der Waals surface area contributed by atoms with Crippen molar-refractivity contribution >= 4 is 46.4 Å². The maximum absolute atomic E-state index is 6.16. The number of aromatic amines is 2. The number of H-pyrrole nitrogens is 2. The third kappa shape index (κ3) is 6.71. The molecule has 0 spiro atoms. The summed E-state index contributed by atoms with van der Waals surface area (Å²) in [6.07, 6.45) is 11.4. The smallest absolute Gasteiger partial charge is 0.134 e. The van der Waals surface area contributed by atoms with Gasteiger partial charge in [-0.15, -0.1) is 5.10 Å². The molecule has 8 bridgehead atoms. The molecule has 0 saturated carbocycles. The molecule has 8 heteroatoms. The van der Waals surface area contributed by atoms with Gasteiger partial charge in [-0.25, -0.2) is 9.97 Å². The summed E-state index contributed by atoms with van der Waals surface area (Å²) >= 11 is 0. The van der Waals surface area contributed by atoms with Crippen LogP contribution in [0.2, 0.25) is 0 Å². The Morgan fingerprint density at radius 1 is 0.483 bits per heavy atom. The van der Waals surface area contributed by atoms with Gasteiger partial charge in [0.1, 0.15) is 18.1 Å². The second-order valence-electron chi connectivity index (χ2n) is 14.4. The molecule has 8 nitrogen and oxygen atoms in total. The SMILES string of the molecule is CCCn1cc(COc2ccc(-c3c4nc(c(-c5ccccc5)c5ccc([nH]5)c(-c5ccccc5)c5nc(c(-c6ccccc6)c6ccc3[nH]6)C=C5)C=C4)cc2)nn1. The van der Waals surface area contributed by atoms with Crippen molar-refractivity contribution in [2.45, 2.75) is 26.5 Å². The number of nitrogens with one attached hydrogen (secondary N) is 2. The molecule has 0 amide bonds. The van der Waals surface area contributed by atoms with Crippen LogP contribution in [0.25, 0.3) is 90.9 Å². The zero-order valence-electron chi connectivity index (χ0n) is 31.9. The Kier molecular flexibility index (Phi) is 9.12. The van der Waals surface area contributed by atoms with Gasteiger partial charge in [0.25, 0.3) is 0 Å². The van der Waals surface area contributed by atoms with Crippen molar-refractivity contribution in [1.82, 2.24) is 34.9 Å². The van der Waals surface area contributed by atoms with E-state index in [0.717, 1.165) is 114 Å². The molecule has 58 heavy (non-hydrogen) atoms. The number of rotatable bonds is 9. The summed E-state index contributed by atoms with van der Waals surface area (Å²) in [4.78, 5) is 18.4. The number of hydrogen-bond donors (Lipinski definition) is 2. The monoisotopic (exact) mass is 753 g/mol. The van der Waals surface area contributed by atoms with Gasteiger partial charge in [-0.2, -0.15) is 0 Å². The van der Waals surface area contributed by atoms with E-state index in [4.69, 9.17) is 14.7 Å². The number of nitrogens with zero attached hydrogens (tertiary/aromatic N) is 5. The van der Waals surface area contributed by atoms with Gasteiger partial charge in [-0.05, 0) is 89.4 Å². The summed E-state index contributed by atoms with van der Waals surface area (Å²) < 4.78 is 8.02. The van der Waals surface area contributed by atoms with Gasteiger partial charge < -0.3 is 14.7 Å². The van der Waals surface area contributed by atoms with Crippen LogP contribution in [-0.4, -0.2) is 34.9 Å². The lowest BCUT2D eigenvalue weighted by molar-refractivity contribution is 0.301. The quantitative estimate of drug-likeness (QED) is 0.153. The maximum Gasteiger partial charge on any atom is 0.134 e. The fourth-order valence-corrected chi connectivity index (χ4v) is 7.85. The van der Waals surface area contributed by atoms with Crippen LogP contribution in [-0.2, 0) is 13.2 Å². The summed E-state index contributed by atoms with van der Waals surface area (Å²) in [7, 11) is 0. The lowest BCUT2D eigenvalue weighted by Crippen LogP contribution is -1.97. The molecule has 0 radical (unpaired) electrons. The van der Waals surface area contributed by atoms with E-state index in [2.05, 4.69) is 161 Å². The first-order valence-corrected chi connectivity index (χ1v) is 19.6. The highest BCUT2D eigenvalue weighted by Gasteiger charge is 2.19. The Balaban J connectivity index is 1.23. The predicted molar refractivity (Wildman–Crippen MR) is 235 cm³/mol. The molecule has 0 unspecified atom stereocenters. The van der Waals surface area contributed by atoms with Crippen LogP contribution in [0.5, 0.6) is 5.75 Å². The van der Waals surface area contributed by atoms with Crippen molar-refractivity contribution in [3.05, 3.63) is 174 Å². The minimum absolute atomic E-state index is 0.339. The first-order valence-electron chi connectivity index (χ1n) is 19.6. The molecule has 2 N–H and O–H groups in total. The van der Waals surface area contributed by atoms with Crippen LogP contribution in [0.4, 0.5) is 0 Å². The minimum Gasteiger partial charge on any atom is -0.487 e. The summed E-state index contributed by atoms with van der Waals surface area (Å²) in [5.74, 6) is 0.748. The van der Waals surface area contributed by atoms with Crippen molar-refractivity contribution in [3.63, 3.8) is 0 Å². The Hall–Kier alpha value is -7.58. The number of ether oxygens (including phenoxy) is 1. The minimum atomic E-state index is 0.339. The molecule has 8 aromatic rings. The number of aryl methyl sites for hydroxylation is 1. The van der Waals surface area contributed by atoms with Gasteiger partial charge >= 0.3 is 0 Å². The summed E-state index contributed by atoms with van der Waals surface area (Å²) in [5.41, 5.74) is 16.4. The van der Waals surface area contributed by atoms with E-state index in [9.17, 15) is 0 Å². The Labute approximate surface area is 335 Å². The van der Waals surface area contributed by atoms with Gasteiger partial charge in [0, 0.05) is 50.9 Å². The first kappa shape index (κ1) is 34.9. The average Bonchev–Trinajstić information content (AvgIpc) is 4.13. The highest BCUT2D eigenvalue weighted by atomic mass is 16.5. The van der Waals surface area contributed by atoms with Crippen molar-refractivity contribution in [1.29, 1.82) is 0 Å². The molecule has 0 aliphatic carbocycles. The van der Waals surface area contributed by atoms with Gasteiger partial charge in [0.2, 0.25) is 0 Å². The molecule has 10 rings (SSSR count). The van der Waals surface area contributed by atoms with E-state index in [-0.39, 0.29) is 0 Å². The number of benzene rings is 4. The summed E-state index contributed by atoms with van der Waals surface area (Å²) in [6, 6.07) is 48.2. The van der Waals surface area contributed by atoms with Crippen LogP contribution in [0.15, 0.2) is 146 Å². The van der Waals surface area contributed by atoms with Crippen molar-refractivity contribution in [2.75, 3.05) is 0 Å². The van der Waals surface area contributed by atoms with Gasteiger partial charge in [-0.1, -0.05) is 115 Å². The fraction of sp³-hybridized carbons (Fsp3) is 0.0800. The molecule has 4 aromatic carbocycles. The zero-order valence-corrected chi connectivity index (χ0v) is 31.9. The van der Waals surface area contributed by atoms with Gasteiger partial charge in [0.15, 0.2) is 0 Å². The first-order chi connectivity index (χ1) is 28.7. The largest absolute Gasteiger partial charge is 0.487 e. The van der Waals surface area contributed by atoms with Crippen LogP contribution in [0.3, 0.4) is 0 Å². The predicted octanol–water partition coefficient (Wildman–Crippen LogP) is 11.9. The number of aromatic nitrogens is 7. The van der Waals surface area contributed by atoms with E-state index in [1.165, 1.54) is 0 Å². The molecule has 2 aliphatic rings. The molecule has 0 atom stereocenters. The molecular formula is C50H39N7O. The van der Waals surface area contributed by atoms with Crippen LogP contribution in [0, 0.1) is 0 Å². The topological polar surface area (TPSA) is 97.3 Å². The normalized spacial score (nSPS) is 11.9. The van der Waals surface area contributed by atoms with E-state index >= 15 is 0 Å². The Morgan fingerprint density at radius 2 is 0.879 bits per heavy atom. The fourth-order valence-electron chi connectivity index (χ4n) is 7.85. The molecular weight excluding hydrogens is 715 g/mol. The average molecular weight is 754 g/mol. The lowest BCUT2D eigenvalue weighted by atomic mass is 10.0. The Morgan fingerprint density at radius 3 is 1.28 bits per heavy atom. The van der Waals surface area contributed by atoms with Crippen molar-refractivity contribution in [3.8, 4) is 50.3 Å². The standard InChI is InChI=1S/C50H39N7O/c1-2-30-57-31-37(55-56-57)32-58-38-20-18-36(19-21-38)50-45-28-26-43(53-45)48(34-14-8-4-9-15-34)41-24-22-39(51-41)47(33-12-6-3-7-13-33)40-23-25-42(52-40)49(35-16-10-5-11-17-35)44-27-29-46(50)54-44/h3-29,31,51,54H,2,30,32H2,1H3. The third-order valence-corrected chi connectivity index (χ3v) is 10.5. The van der Waals surface area contributed by atoms with E-state index in [0.29, 0.717) is 6.61 Å². The lowest BCUT2D eigenvalue weighted by Gasteiger charge is -2.08. The summed E-state index contributed by atoms with van der Waals surface area (Å²) in [6.45, 7) is 3.29. The van der Waals surface area contributed by atoms with Crippen molar-refractivity contribution < 1.29 is 4.74 Å². The number of fused-ring (bicyclic) bond motifs is 8. The molecule has 6 heterocycles. The molecule has 0 saturated heterocycles. The second kappa shape index (κ2) is 15.2. The molecule has 4 aromatic heterocycles. The van der Waals surface area contributed by atoms with E-state index < -0.39 is 0 Å². The van der Waals surface area contributed by atoms with Crippen LogP contribution < -0.4 is 4.74 Å². The molecule has 280 valence electrons. The highest BCUT2D eigenvalue weighted by molar-refractivity contribution is 5.99. The molecule has 2 aliphatic heterocycles. The number of hydrogen-bond acceptors (Lipinski definition) is 5. The van der Waals surface area contributed by atoms with Crippen LogP contribution >= 0.6 is 0 Å². The van der Waals surface area contributed by atoms with Crippen LogP contribution in [0.1, 0.15) is 41.8 Å². The molecule has 0 fully saturated rings. The summed E-state index contributed by atoms with van der Waals surface area (Å²) in [5, 5.41) is 8.48.